The lowest BCUT2D eigenvalue weighted by molar-refractivity contribution is -0.121. The predicted octanol–water partition coefficient (Wildman–Crippen LogP) is 2.82. The quantitative estimate of drug-likeness (QED) is 0.668. The first-order valence-electron chi connectivity index (χ1n) is 10.8. The Balaban J connectivity index is 1.56. The second-order valence-corrected chi connectivity index (χ2v) is 8.47. The van der Waals surface area contributed by atoms with E-state index in [4.69, 9.17) is 0 Å². The summed E-state index contributed by atoms with van der Waals surface area (Å²) in [7, 11) is 0. The number of nitrogens with zero attached hydrogens (tertiary/aromatic N) is 2. The average molecular weight is 428 g/mol. The molecular weight excluding hydrogens is 404 g/mol. The Morgan fingerprint density at radius 3 is 2.66 bits per heavy atom. The number of carbonyl (C=O) groups excluding carboxylic acids is 2. The van der Waals surface area contributed by atoms with E-state index in [2.05, 4.69) is 15.3 Å². The van der Waals surface area contributed by atoms with Gasteiger partial charge in [0.1, 0.15) is 11.4 Å². The number of likely N-dealkylation sites (tertiary alicyclic amines) is 1. The van der Waals surface area contributed by atoms with Crippen molar-refractivity contribution < 1.29 is 9.59 Å². The summed E-state index contributed by atoms with van der Waals surface area (Å²) in [6.45, 7) is 2.07. The summed E-state index contributed by atoms with van der Waals surface area (Å²) in [4.78, 5) is 47.8. The third-order valence-corrected chi connectivity index (χ3v) is 6.72. The molecule has 5 rings (SSSR count). The highest BCUT2D eigenvalue weighted by Crippen LogP contribution is 2.49. The van der Waals surface area contributed by atoms with Crippen LogP contribution in [0.25, 0.3) is 0 Å². The van der Waals surface area contributed by atoms with Crippen molar-refractivity contribution in [3.05, 3.63) is 93.7 Å². The molecule has 1 aromatic heterocycles. The fourth-order valence-electron chi connectivity index (χ4n) is 5.19. The number of fused-ring (bicyclic) bond motifs is 2. The molecule has 1 fully saturated rings. The van der Waals surface area contributed by atoms with Gasteiger partial charge < -0.3 is 15.2 Å². The molecule has 2 aliphatic rings. The van der Waals surface area contributed by atoms with Gasteiger partial charge in [-0.2, -0.15) is 0 Å². The summed E-state index contributed by atoms with van der Waals surface area (Å²) in [6.07, 6.45) is 3.17. The first kappa shape index (κ1) is 20.2. The van der Waals surface area contributed by atoms with Crippen molar-refractivity contribution in [3.8, 4) is 0 Å². The van der Waals surface area contributed by atoms with E-state index >= 15 is 0 Å². The Kier molecular flexibility index (Phi) is 4.89. The number of hydrogen-bond donors (Lipinski definition) is 2. The highest BCUT2D eigenvalue weighted by Gasteiger charge is 2.58. The van der Waals surface area contributed by atoms with Crippen LogP contribution in [0.2, 0.25) is 0 Å². The molecule has 1 saturated heterocycles. The second-order valence-electron chi connectivity index (χ2n) is 8.47. The molecular formula is C25H24N4O3. The van der Waals surface area contributed by atoms with E-state index < -0.39 is 11.0 Å². The summed E-state index contributed by atoms with van der Waals surface area (Å²) in [5.41, 5.74) is 1.58. The van der Waals surface area contributed by atoms with E-state index in [1.807, 2.05) is 54.6 Å². The van der Waals surface area contributed by atoms with E-state index in [1.54, 1.807) is 11.8 Å². The number of rotatable bonds is 4. The minimum absolute atomic E-state index is 0.00375. The van der Waals surface area contributed by atoms with Gasteiger partial charge in [0.15, 0.2) is 0 Å². The molecule has 0 bridgehead atoms. The van der Waals surface area contributed by atoms with Crippen LogP contribution in [0.15, 0.2) is 65.6 Å². The average Bonchev–Trinajstić information content (AvgIpc) is 3.31. The normalized spacial score (nSPS) is 21.6. The lowest BCUT2D eigenvalue weighted by Crippen LogP contribution is -2.49. The zero-order valence-corrected chi connectivity index (χ0v) is 17.8. The first-order valence-corrected chi connectivity index (χ1v) is 10.8. The minimum Gasteiger partial charge on any atom is -0.334 e. The zero-order chi connectivity index (χ0) is 22.3. The van der Waals surface area contributed by atoms with Gasteiger partial charge in [-0.3, -0.25) is 14.4 Å². The fraction of sp³-hybridized carbons (Fsp3) is 0.280. The van der Waals surface area contributed by atoms with Crippen LogP contribution in [0.3, 0.4) is 0 Å². The van der Waals surface area contributed by atoms with E-state index in [1.165, 1.54) is 6.20 Å². The van der Waals surface area contributed by atoms with Crippen molar-refractivity contribution >= 4 is 17.5 Å². The number of para-hydroxylation sites is 1. The zero-order valence-electron chi connectivity index (χ0n) is 17.8. The number of H-pyrrole nitrogens is 1. The molecule has 32 heavy (non-hydrogen) atoms. The van der Waals surface area contributed by atoms with Crippen LogP contribution in [-0.4, -0.2) is 39.3 Å². The number of benzene rings is 2. The molecule has 3 aromatic rings. The molecule has 162 valence electrons. The van der Waals surface area contributed by atoms with Crippen molar-refractivity contribution in [1.29, 1.82) is 0 Å². The lowest BCUT2D eigenvalue weighted by Gasteiger charge is -2.34. The summed E-state index contributed by atoms with van der Waals surface area (Å²) in [6, 6.07) is 17.3. The molecule has 0 saturated carbocycles. The van der Waals surface area contributed by atoms with E-state index in [0.29, 0.717) is 25.2 Å². The molecule has 2 N–H and O–H groups in total. The van der Waals surface area contributed by atoms with Gasteiger partial charge in [0.25, 0.3) is 11.5 Å². The van der Waals surface area contributed by atoms with Crippen molar-refractivity contribution in [2.45, 2.75) is 37.6 Å². The molecule has 0 unspecified atom stereocenters. The lowest BCUT2D eigenvalue weighted by atomic mass is 9.73. The van der Waals surface area contributed by atoms with E-state index in [-0.39, 0.29) is 23.4 Å². The standard InChI is InChI=1S/C25H24N4O3/c1-16-26-15-18(22(30)27-16)23(31)29-14-13-25(19-9-5-6-10-20(19)28-24(25)32)21(29)12-11-17-7-3-2-4-8-17/h2-10,15,21H,11-14H2,1H3,(H,28,32)(H,26,27,30)/t21-,25+/m0/s1. The molecule has 2 aromatic carbocycles. The number of aryl methyl sites for hydroxylation is 2. The van der Waals surface area contributed by atoms with Gasteiger partial charge in [-0.1, -0.05) is 48.5 Å². The van der Waals surface area contributed by atoms with Crippen LogP contribution in [0.4, 0.5) is 5.69 Å². The van der Waals surface area contributed by atoms with Crippen LogP contribution in [0, 0.1) is 6.92 Å². The van der Waals surface area contributed by atoms with Crippen molar-refractivity contribution in [3.63, 3.8) is 0 Å². The Labute approximate surface area is 185 Å². The summed E-state index contributed by atoms with van der Waals surface area (Å²) in [5, 5.41) is 3.02. The molecule has 2 aliphatic heterocycles. The van der Waals surface area contributed by atoms with Gasteiger partial charge in [0.05, 0.1) is 11.5 Å². The van der Waals surface area contributed by atoms with Crippen LogP contribution in [-0.2, 0) is 16.6 Å². The predicted molar refractivity (Wildman–Crippen MR) is 121 cm³/mol. The highest BCUT2D eigenvalue weighted by molar-refractivity contribution is 6.08. The number of amides is 2. The van der Waals surface area contributed by atoms with Gasteiger partial charge in [-0.05, 0) is 43.4 Å². The first-order chi connectivity index (χ1) is 15.5. The Morgan fingerprint density at radius 2 is 1.88 bits per heavy atom. The molecule has 1 spiro atoms. The van der Waals surface area contributed by atoms with Gasteiger partial charge >= 0.3 is 0 Å². The molecule has 0 aliphatic carbocycles. The van der Waals surface area contributed by atoms with Crippen LogP contribution in [0.5, 0.6) is 0 Å². The van der Waals surface area contributed by atoms with E-state index in [9.17, 15) is 14.4 Å². The smallest absolute Gasteiger partial charge is 0.263 e. The number of aromatic nitrogens is 2. The maximum absolute atomic E-state index is 13.5. The topological polar surface area (TPSA) is 95.2 Å². The third-order valence-electron chi connectivity index (χ3n) is 6.72. The summed E-state index contributed by atoms with van der Waals surface area (Å²) >= 11 is 0. The van der Waals surface area contributed by atoms with Crippen molar-refractivity contribution in [1.82, 2.24) is 14.9 Å². The van der Waals surface area contributed by atoms with Gasteiger partial charge in [-0.25, -0.2) is 4.98 Å². The fourth-order valence-corrected chi connectivity index (χ4v) is 5.19. The number of aromatic amines is 1. The molecule has 2 atom stereocenters. The van der Waals surface area contributed by atoms with Crippen molar-refractivity contribution in [2.75, 3.05) is 11.9 Å². The van der Waals surface area contributed by atoms with Crippen molar-refractivity contribution in [2.24, 2.45) is 0 Å². The molecule has 7 heteroatoms. The number of carbonyl (C=O) groups is 2. The van der Waals surface area contributed by atoms with E-state index in [0.717, 1.165) is 23.2 Å². The largest absolute Gasteiger partial charge is 0.334 e. The Hall–Kier alpha value is -3.74. The molecule has 2 amide bonds. The minimum atomic E-state index is -0.827. The summed E-state index contributed by atoms with van der Waals surface area (Å²) < 4.78 is 0. The molecule has 7 nitrogen and oxygen atoms in total. The van der Waals surface area contributed by atoms with Gasteiger partial charge in [0, 0.05) is 18.4 Å². The molecule has 3 heterocycles. The number of nitrogens with one attached hydrogen (secondary N) is 2. The van der Waals surface area contributed by atoms with Gasteiger partial charge in [0.2, 0.25) is 5.91 Å². The Bertz CT molecular complexity index is 1250. The van der Waals surface area contributed by atoms with Crippen LogP contribution < -0.4 is 10.9 Å². The SMILES string of the molecule is Cc1ncc(C(=O)N2CC[C@]3(C(=O)Nc4ccccc43)[C@@H]2CCc2ccccc2)c(=O)[nH]1. The highest BCUT2D eigenvalue weighted by atomic mass is 16.2. The maximum atomic E-state index is 13.5. The maximum Gasteiger partial charge on any atom is 0.263 e. The molecule has 0 radical (unpaired) electrons. The Morgan fingerprint density at radius 1 is 1.12 bits per heavy atom. The number of anilines is 1. The third kappa shape index (κ3) is 3.12. The summed E-state index contributed by atoms with van der Waals surface area (Å²) in [5.74, 6) is -0.0111. The van der Waals surface area contributed by atoms with Crippen LogP contribution in [0.1, 0.15) is 40.2 Å². The van der Waals surface area contributed by atoms with Gasteiger partial charge in [-0.15, -0.1) is 0 Å². The monoisotopic (exact) mass is 428 g/mol. The second kappa shape index (κ2) is 7.75. The van der Waals surface area contributed by atoms with Crippen LogP contribution >= 0.6 is 0 Å². The number of hydrogen-bond acceptors (Lipinski definition) is 4.